The van der Waals surface area contributed by atoms with Gasteiger partial charge in [-0.2, -0.15) is 0 Å². The maximum Gasteiger partial charge on any atom is 0.261 e. The molecule has 0 aliphatic heterocycles. The Hall–Kier alpha value is -1.01. The first-order valence-electron chi connectivity index (χ1n) is 4.79. The third kappa shape index (κ3) is 4.35. The topological polar surface area (TPSA) is 53.1 Å². The molecule has 6 heteroatoms. The summed E-state index contributed by atoms with van der Waals surface area (Å²) in [4.78, 5) is 3.96. The summed E-state index contributed by atoms with van der Waals surface area (Å²) in [5.74, 6) is 0. The summed E-state index contributed by atoms with van der Waals surface area (Å²) in [6.45, 7) is 0.824. The second kappa shape index (κ2) is 6.47. The Kier molecular flexibility index (Phi) is 5.20. The van der Waals surface area contributed by atoms with Gasteiger partial charge in [-0.05, 0) is 6.54 Å². The number of ether oxygens (including phenoxy) is 1. The van der Waals surface area contributed by atoms with Crippen molar-refractivity contribution in [3.63, 3.8) is 0 Å². The molecule has 0 unspecified atom stereocenters. The largest absolute Gasteiger partial charge is 0.374 e. The second-order valence-electron chi connectivity index (χ2n) is 3.08. The van der Waals surface area contributed by atoms with E-state index in [1.807, 2.05) is 4.57 Å². The van der Waals surface area contributed by atoms with Crippen LogP contribution in [0.15, 0.2) is 12.5 Å². The molecule has 1 aromatic heterocycles. The van der Waals surface area contributed by atoms with Crippen LogP contribution in [0.1, 0.15) is 5.69 Å². The first kappa shape index (κ1) is 12.1. The maximum absolute atomic E-state index is 11.7. The SMILES string of the molecule is NCCc1cncn1CCOCC(F)F. The normalized spacial score (nSPS) is 11.2. The number of rotatable bonds is 7. The second-order valence-corrected chi connectivity index (χ2v) is 3.08. The molecule has 0 radical (unpaired) electrons. The summed E-state index contributed by atoms with van der Waals surface area (Å²) >= 11 is 0. The van der Waals surface area contributed by atoms with E-state index < -0.39 is 13.0 Å². The first-order chi connectivity index (χ1) is 7.24. The number of nitrogens with two attached hydrogens (primary N) is 1. The highest BCUT2D eigenvalue weighted by Gasteiger charge is 2.03. The summed E-state index contributed by atoms with van der Waals surface area (Å²) in [6.07, 6.45) is 1.70. The Labute approximate surface area is 87.0 Å². The molecule has 1 heterocycles. The van der Waals surface area contributed by atoms with Gasteiger partial charge >= 0.3 is 0 Å². The van der Waals surface area contributed by atoms with Gasteiger partial charge in [0.05, 0.1) is 12.9 Å². The van der Waals surface area contributed by atoms with E-state index in [0.29, 0.717) is 13.1 Å². The van der Waals surface area contributed by atoms with E-state index in [-0.39, 0.29) is 6.61 Å². The Bertz CT molecular complexity index is 278. The van der Waals surface area contributed by atoms with Crippen LogP contribution in [-0.4, -0.2) is 35.7 Å². The minimum absolute atomic E-state index is 0.262. The third-order valence-electron chi connectivity index (χ3n) is 1.92. The van der Waals surface area contributed by atoms with Crippen molar-refractivity contribution in [2.45, 2.75) is 19.4 Å². The van der Waals surface area contributed by atoms with Gasteiger partial charge in [0.2, 0.25) is 0 Å². The third-order valence-corrected chi connectivity index (χ3v) is 1.92. The molecule has 15 heavy (non-hydrogen) atoms. The molecule has 2 N–H and O–H groups in total. The molecular formula is C9H15F2N3O. The highest BCUT2D eigenvalue weighted by atomic mass is 19.3. The Balaban J connectivity index is 2.27. The molecule has 4 nitrogen and oxygen atoms in total. The van der Waals surface area contributed by atoms with Gasteiger partial charge in [-0.15, -0.1) is 0 Å². The molecule has 0 aliphatic rings. The average Bonchev–Trinajstić information content (AvgIpc) is 2.61. The monoisotopic (exact) mass is 219 g/mol. The van der Waals surface area contributed by atoms with E-state index in [2.05, 4.69) is 4.98 Å². The van der Waals surface area contributed by atoms with Crippen molar-refractivity contribution < 1.29 is 13.5 Å². The first-order valence-corrected chi connectivity index (χ1v) is 4.79. The predicted molar refractivity (Wildman–Crippen MR) is 51.8 cm³/mol. The Morgan fingerprint density at radius 3 is 3.00 bits per heavy atom. The summed E-state index contributed by atoms with van der Waals surface area (Å²) in [6, 6.07) is 0. The number of aromatic nitrogens is 2. The van der Waals surface area contributed by atoms with Crippen LogP contribution in [0.5, 0.6) is 0 Å². The van der Waals surface area contributed by atoms with Gasteiger partial charge in [0.1, 0.15) is 6.61 Å². The highest BCUT2D eigenvalue weighted by molar-refractivity contribution is 4.98. The molecular weight excluding hydrogens is 204 g/mol. The molecule has 86 valence electrons. The van der Waals surface area contributed by atoms with E-state index in [4.69, 9.17) is 10.5 Å². The molecule has 0 saturated carbocycles. The zero-order valence-corrected chi connectivity index (χ0v) is 8.40. The van der Waals surface area contributed by atoms with Crippen molar-refractivity contribution in [1.29, 1.82) is 0 Å². The lowest BCUT2D eigenvalue weighted by molar-refractivity contribution is 0.0146. The van der Waals surface area contributed by atoms with Crippen molar-refractivity contribution in [3.8, 4) is 0 Å². The van der Waals surface area contributed by atoms with Crippen LogP contribution in [0.2, 0.25) is 0 Å². The zero-order chi connectivity index (χ0) is 11.1. The van der Waals surface area contributed by atoms with E-state index in [1.54, 1.807) is 12.5 Å². The number of alkyl halides is 2. The molecule has 1 rings (SSSR count). The van der Waals surface area contributed by atoms with Gasteiger partial charge in [0.15, 0.2) is 0 Å². The lowest BCUT2D eigenvalue weighted by Gasteiger charge is -2.07. The molecule has 0 aliphatic carbocycles. The molecule has 0 aromatic carbocycles. The van der Waals surface area contributed by atoms with E-state index in [1.165, 1.54) is 0 Å². The van der Waals surface area contributed by atoms with Crippen molar-refractivity contribution >= 4 is 0 Å². The lowest BCUT2D eigenvalue weighted by atomic mass is 10.3. The Morgan fingerprint density at radius 1 is 1.53 bits per heavy atom. The van der Waals surface area contributed by atoms with Crippen molar-refractivity contribution in [1.82, 2.24) is 9.55 Å². The van der Waals surface area contributed by atoms with Gasteiger partial charge in [-0.25, -0.2) is 13.8 Å². The van der Waals surface area contributed by atoms with Crippen LogP contribution in [0.4, 0.5) is 8.78 Å². The van der Waals surface area contributed by atoms with Crippen LogP contribution in [0.25, 0.3) is 0 Å². The van der Waals surface area contributed by atoms with Crippen LogP contribution in [0.3, 0.4) is 0 Å². The molecule has 0 amide bonds. The number of halogens is 2. The van der Waals surface area contributed by atoms with Crippen LogP contribution >= 0.6 is 0 Å². The lowest BCUT2D eigenvalue weighted by Crippen LogP contribution is -2.13. The fraction of sp³-hybridized carbons (Fsp3) is 0.667. The smallest absolute Gasteiger partial charge is 0.261 e. The molecule has 1 aromatic rings. The van der Waals surface area contributed by atoms with Crippen molar-refractivity contribution in [2.24, 2.45) is 5.73 Å². The van der Waals surface area contributed by atoms with Gasteiger partial charge in [-0.1, -0.05) is 0 Å². The number of nitrogens with zero attached hydrogens (tertiary/aromatic N) is 2. The molecule has 0 saturated heterocycles. The minimum atomic E-state index is -2.41. The van der Waals surface area contributed by atoms with Crippen LogP contribution in [0, 0.1) is 0 Å². The quantitative estimate of drug-likeness (QED) is 0.686. The van der Waals surface area contributed by atoms with Gasteiger partial charge in [0, 0.05) is 24.9 Å². The zero-order valence-electron chi connectivity index (χ0n) is 8.40. The highest BCUT2D eigenvalue weighted by Crippen LogP contribution is 2.00. The van der Waals surface area contributed by atoms with E-state index in [0.717, 1.165) is 12.1 Å². The standard InChI is InChI=1S/C9H15F2N3O/c10-9(11)6-15-4-3-14-7-13-5-8(14)1-2-12/h5,7,9H,1-4,6,12H2. The summed E-state index contributed by atoms with van der Waals surface area (Å²) in [7, 11) is 0. The van der Waals surface area contributed by atoms with Crippen molar-refractivity contribution in [2.75, 3.05) is 19.8 Å². The summed E-state index contributed by atoms with van der Waals surface area (Å²) in [5, 5.41) is 0. The van der Waals surface area contributed by atoms with E-state index >= 15 is 0 Å². The molecule has 0 fully saturated rings. The van der Waals surface area contributed by atoms with Crippen molar-refractivity contribution in [3.05, 3.63) is 18.2 Å². The maximum atomic E-state index is 11.7. The number of hydrogen-bond acceptors (Lipinski definition) is 3. The van der Waals surface area contributed by atoms with Gasteiger partial charge in [0.25, 0.3) is 6.43 Å². The van der Waals surface area contributed by atoms with Gasteiger partial charge in [-0.3, -0.25) is 0 Å². The van der Waals surface area contributed by atoms with Gasteiger partial charge < -0.3 is 15.0 Å². The average molecular weight is 219 g/mol. The summed E-state index contributed by atoms with van der Waals surface area (Å²) < 4.78 is 30.1. The molecule has 0 spiro atoms. The molecule has 0 atom stereocenters. The predicted octanol–water partition coefficient (Wildman–Crippen LogP) is 0.666. The fourth-order valence-electron chi connectivity index (χ4n) is 1.24. The van der Waals surface area contributed by atoms with E-state index in [9.17, 15) is 8.78 Å². The molecule has 0 bridgehead atoms. The fourth-order valence-corrected chi connectivity index (χ4v) is 1.24. The van der Waals surface area contributed by atoms with Crippen LogP contribution < -0.4 is 5.73 Å². The Morgan fingerprint density at radius 2 is 2.33 bits per heavy atom. The minimum Gasteiger partial charge on any atom is -0.374 e. The number of imidazole rings is 1. The summed E-state index contributed by atoms with van der Waals surface area (Å²) in [5.41, 5.74) is 6.41. The van der Waals surface area contributed by atoms with Crippen LogP contribution in [-0.2, 0) is 17.7 Å². The number of hydrogen-bond donors (Lipinski definition) is 1.